The summed E-state index contributed by atoms with van der Waals surface area (Å²) in [6.07, 6.45) is 3.32. The van der Waals surface area contributed by atoms with Crippen molar-refractivity contribution in [3.63, 3.8) is 0 Å². The van der Waals surface area contributed by atoms with Gasteiger partial charge in [-0.1, -0.05) is 0 Å². The molecular weight excluding hydrogens is 207 g/mol. The molecule has 0 saturated carbocycles. The fourth-order valence-electron chi connectivity index (χ4n) is 2.18. The molecule has 3 nitrogen and oxygen atoms in total. The molecule has 1 amide bonds. The maximum Gasteiger partial charge on any atom is 0.254 e. The molecule has 1 aromatic heterocycles. The number of hydrogen-bond donors (Lipinski definition) is 0. The first-order valence-corrected chi connectivity index (χ1v) is 5.44. The van der Waals surface area contributed by atoms with Crippen LogP contribution >= 0.6 is 0 Å². The molecule has 16 heavy (non-hydrogen) atoms. The molecule has 1 aliphatic heterocycles. The molecule has 0 radical (unpaired) electrons. The van der Waals surface area contributed by atoms with E-state index in [9.17, 15) is 9.18 Å². The predicted molar refractivity (Wildman–Crippen MR) is 58.5 cm³/mol. The molecule has 1 saturated heterocycles. The van der Waals surface area contributed by atoms with Crippen LogP contribution in [0.3, 0.4) is 0 Å². The lowest BCUT2D eigenvalue weighted by atomic mass is 10.0. The highest BCUT2D eigenvalue weighted by atomic mass is 19.1. The quantitative estimate of drug-likeness (QED) is 0.683. The van der Waals surface area contributed by atoms with E-state index < -0.39 is 5.95 Å². The van der Waals surface area contributed by atoms with Gasteiger partial charge in [0.05, 0.1) is 0 Å². The number of pyridine rings is 1. The van der Waals surface area contributed by atoms with Gasteiger partial charge in [0.15, 0.2) is 0 Å². The Morgan fingerprint density at radius 2 is 2.31 bits per heavy atom. The maximum atomic E-state index is 12.9. The van der Waals surface area contributed by atoms with E-state index in [0.717, 1.165) is 19.4 Å². The van der Waals surface area contributed by atoms with Crippen molar-refractivity contribution in [2.75, 3.05) is 6.54 Å². The van der Waals surface area contributed by atoms with Crippen LogP contribution in [0.15, 0.2) is 18.3 Å². The van der Waals surface area contributed by atoms with Crippen LogP contribution in [-0.4, -0.2) is 27.9 Å². The van der Waals surface area contributed by atoms with Crippen molar-refractivity contribution in [1.29, 1.82) is 0 Å². The molecule has 0 aliphatic carbocycles. The minimum atomic E-state index is -0.608. The Balaban J connectivity index is 2.26. The molecule has 2 rings (SSSR count). The average molecular weight is 222 g/mol. The summed E-state index contributed by atoms with van der Waals surface area (Å²) >= 11 is 0. The lowest BCUT2D eigenvalue weighted by molar-refractivity contribution is 0.0651. The Bertz CT molecular complexity index is 417. The normalized spacial score (nSPS) is 18.8. The van der Waals surface area contributed by atoms with Crippen molar-refractivity contribution in [3.8, 4) is 0 Å². The molecular formula is C12H15FN2O. The molecule has 0 spiro atoms. The van der Waals surface area contributed by atoms with Gasteiger partial charge in [-0.3, -0.25) is 4.79 Å². The minimum Gasteiger partial charge on any atom is -0.334 e. The van der Waals surface area contributed by atoms with Gasteiger partial charge in [-0.05, 0) is 32.8 Å². The van der Waals surface area contributed by atoms with Crippen LogP contribution in [0.2, 0.25) is 0 Å². The van der Waals surface area contributed by atoms with Crippen LogP contribution < -0.4 is 0 Å². The maximum absolute atomic E-state index is 12.9. The summed E-state index contributed by atoms with van der Waals surface area (Å²) in [5.41, 5.74) is 0.249. The van der Waals surface area contributed by atoms with Gasteiger partial charge in [-0.25, -0.2) is 4.98 Å². The highest BCUT2D eigenvalue weighted by Crippen LogP contribution is 2.29. The first-order valence-electron chi connectivity index (χ1n) is 5.44. The van der Waals surface area contributed by atoms with Gasteiger partial charge >= 0.3 is 0 Å². The lowest BCUT2D eigenvalue weighted by Gasteiger charge is -2.31. The summed E-state index contributed by atoms with van der Waals surface area (Å²) in [6.45, 7) is 4.82. The number of hydrogen-bond acceptors (Lipinski definition) is 2. The third kappa shape index (κ3) is 1.92. The van der Waals surface area contributed by atoms with Gasteiger partial charge in [0.1, 0.15) is 0 Å². The van der Waals surface area contributed by atoms with Crippen molar-refractivity contribution >= 4 is 5.91 Å². The fraction of sp³-hybridized carbons (Fsp3) is 0.500. The number of aromatic nitrogens is 1. The summed E-state index contributed by atoms with van der Waals surface area (Å²) in [5.74, 6) is -0.716. The Morgan fingerprint density at radius 3 is 2.88 bits per heavy atom. The molecule has 0 atom stereocenters. The summed E-state index contributed by atoms with van der Waals surface area (Å²) < 4.78 is 12.9. The van der Waals surface area contributed by atoms with Gasteiger partial charge in [0.2, 0.25) is 5.95 Å². The highest BCUT2D eigenvalue weighted by molar-refractivity contribution is 5.94. The van der Waals surface area contributed by atoms with E-state index in [0.29, 0.717) is 5.56 Å². The Kier molecular flexibility index (Phi) is 2.66. The van der Waals surface area contributed by atoms with Crippen LogP contribution in [0.5, 0.6) is 0 Å². The van der Waals surface area contributed by atoms with E-state index >= 15 is 0 Å². The van der Waals surface area contributed by atoms with E-state index in [1.807, 2.05) is 18.7 Å². The molecule has 0 unspecified atom stereocenters. The van der Waals surface area contributed by atoms with E-state index in [4.69, 9.17) is 0 Å². The van der Waals surface area contributed by atoms with E-state index in [-0.39, 0.29) is 11.4 Å². The van der Waals surface area contributed by atoms with Crippen molar-refractivity contribution in [2.45, 2.75) is 32.2 Å². The zero-order chi connectivity index (χ0) is 11.8. The lowest BCUT2D eigenvalue weighted by Crippen LogP contribution is -2.42. The smallest absolute Gasteiger partial charge is 0.254 e. The minimum absolute atomic E-state index is 0.108. The van der Waals surface area contributed by atoms with Gasteiger partial charge < -0.3 is 4.90 Å². The van der Waals surface area contributed by atoms with Crippen LogP contribution in [0.4, 0.5) is 4.39 Å². The highest BCUT2D eigenvalue weighted by Gasteiger charge is 2.35. The number of rotatable bonds is 1. The predicted octanol–water partition coefficient (Wildman–Crippen LogP) is 2.24. The average Bonchev–Trinajstić information content (AvgIpc) is 2.57. The van der Waals surface area contributed by atoms with E-state index in [2.05, 4.69) is 4.98 Å². The summed E-state index contributed by atoms with van der Waals surface area (Å²) in [5, 5.41) is 0. The second-order valence-electron chi connectivity index (χ2n) is 4.74. The molecule has 1 aromatic rings. The molecule has 86 valence electrons. The molecule has 0 bridgehead atoms. The molecule has 0 aromatic carbocycles. The second-order valence-corrected chi connectivity index (χ2v) is 4.74. The van der Waals surface area contributed by atoms with E-state index in [1.54, 1.807) is 6.07 Å². The summed E-state index contributed by atoms with van der Waals surface area (Å²) in [6, 6.07) is 2.75. The van der Waals surface area contributed by atoms with Crippen molar-refractivity contribution in [2.24, 2.45) is 0 Å². The molecule has 1 aliphatic rings. The van der Waals surface area contributed by atoms with E-state index in [1.165, 1.54) is 12.3 Å². The number of halogens is 1. The first kappa shape index (κ1) is 11.0. The molecule has 2 heterocycles. The summed E-state index contributed by atoms with van der Waals surface area (Å²) in [4.78, 5) is 17.4. The third-order valence-corrected chi connectivity index (χ3v) is 3.12. The van der Waals surface area contributed by atoms with Gasteiger partial charge in [0, 0.05) is 29.9 Å². The fourth-order valence-corrected chi connectivity index (χ4v) is 2.18. The summed E-state index contributed by atoms with van der Waals surface area (Å²) in [7, 11) is 0. The van der Waals surface area contributed by atoms with Crippen LogP contribution in [0, 0.1) is 5.95 Å². The third-order valence-electron chi connectivity index (χ3n) is 3.12. The number of carbonyl (C=O) groups excluding carboxylic acids is 1. The van der Waals surface area contributed by atoms with Crippen LogP contribution in [0.25, 0.3) is 0 Å². The van der Waals surface area contributed by atoms with Crippen molar-refractivity contribution in [3.05, 3.63) is 29.8 Å². The topological polar surface area (TPSA) is 33.2 Å². The Hall–Kier alpha value is -1.45. The second kappa shape index (κ2) is 3.85. The Labute approximate surface area is 94.3 Å². The van der Waals surface area contributed by atoms with Gasteiger partial charge in [0.25, 0.3) is 5.91 Å². The number of likely N-dealkylation sites (tertiary alicyclic amines) is 1. The molecule has 4 heteroatoms. The van der Waals surface area contributed by atoms with Crippen molar-refractivity contribution < 1.29 is 9.18 Å². The van der Waals surface area contributed by atoms with Crippen LogP contribution in [0.1, 0.15) is 37.0 Å². The largest absolute Gasteiger partial charge is 0.334 e. The standard InChI is InChI=1S/C12H15FN2O/c1-12(2)5-3-7-15(12)11(16)9-4-6-14-10(13)8-9/h4,6,8H,3,5,7H2,1-2H3. The van der Waals surface area contributed by atoms with Gasteiger partial charge in [-0.2, -0.15) is 4.39 Å². The Morgan fingerprint density at radius 1 is 1.56 bits per heavy atom. The number of nitrogens with zero attached hydrogens (tertiary/aromatic N) is 2. The first-order chi connectivity index (χ1) is 7.50. The zero-order valence-corrected chi connectivity index (χ0v) is 9.53. The molecule has 1 fully saturated rings. The molecule has 0 N–H and O–H groups in total. The van der Waals surface area contributed by atoms with Gasteiger partial charge in [-0.15, -0.1) is 0 Å². The van der Waals surface area contributed by atoms with Crippen LogP contribution in [-0.2, 0) is 0 Å². The SMILES string of the molecule is CC1(C)CCCN1C(=O)c1ccnc(F)c1. The zero-order valence-electron chi connectivity index (χ0n) is 9.53. The monoisotopic (exact) mass is 222 g/mol. The number of carbonyl (C=O) groups is 1. The number of amides is 1. The van der Waals surface area contributed by atoms with Crippen molar-refractivity contribution in [1.82, 2.24) is 9.88 Å².